The standard InChI is InChI=1S/C19H22N2O4S/c1-26(23,24)18-10-8-17(9-11-18)25-16-6-4-15(5-7-16)21-19(22)14-3-2-12-20-13-14/h4-11,14,20H,2-3,12-13H2,1H3,(H,21,22). The zero-order chi connectivity index (χ0) is 18.6. The Morgan fingerprint density at radius 2 is 1.69 bits per heavy atom. The van der Waals surface area contributed by atoms with E-state index in [2.05, 4.69) is 10.6 Å². The van der Waals surface area contributed by atoms with Crippen LogP contribution in [0.1, 0.15) is 12.8 Å². The molecule has 26 heavy (non-hydrogen) atoms. The van der Waals surface area contributed by atoms with Gasteiger partial charge in [-0.05, 0) is 67.9 Å². The van der Waals surface area contributed by atoms with Crippen LogP contribution in [-0.4, -0.2) is 33.7 Å². The van der Waals surface area contributed by atoms with E-state index in [1.807, 2.05) is 0 Å². The lowest BCUT2D eigenvalue weighted by atomic mass is 9.99. The number of hydrogen-bond donors (Lipinski definition) is 2. The Hall–Kier alpha value is -2.38. The molecule has 1 aliphatic rings. The molecular formula is C19H22N2O4S. The topological polar surface area (TPSA) is 84.5 Å². The van der Waals surface area contributed by atoms with Crippen molar-refractivity contribution >= 4 is 21.4 Å². The molecule has 7 heteroatoms. The zero-order valence-corrected chi connectivity index (χ0v) is 15.4. The number of ether oxygens (including phenoxy) is 1. The molecule has 1 atom stereocenters. The average Bonchev–Trinajstić information content (AvgIpc) is 2.64. The van der Waals surface area contributed by atoms with E-state index in [0.717, 1.165) is 31.6 Å². The molecule has 0 spiro atoms. The minimum atomic E-state index is -3.22. The van der Waals surface area contributed by atoms with Gasteiger partial charge in [0.1, 0.15) is 11.5 Å². The highest BCUT2D eigenvalue weighted by Gasteiger charge is 2.20. The molecule has 2 N–H and O–H groups in total. The van der Waals surface area contributed by atoms with Gasteiger partial charge in [0.2, 0.25) is 5.91 Å². The number of anilines is 1. The van der Waals surface area contributed by atoms with Crippen molar-refractivity contribution in [3.63, 3.8) is 0 Å². The molecule has 1 saturated heterocycles. The number of sulfone groups is 1. The van der Waals surface area contributed by atoms with E-state index in [4.69, 9.17) is 4.74 Å². The molecule has 0 saturated carbocycles. The molecule has 1 fully saturated rings. The quantitative estimate of drug-likeness (QED) is 0.841. The maximum absolute atomic E-state index is 12.2. The van der Waals surface area contributed by atoms with Gasteiger partial charge in [-0.25, -0.2) is 8.42 Å². The molecular weight excluding hydrogens is 352 g/mol. The Bertz CT molecular complexity index is 855. The molecule has 1 unspecified atom stereocenters. The molecule has 3 rings (SSSR count). The smallest absolute Gasteiger partial charge is 0.228 e. The van der Waals surface area contributed by atoms with Gasteiger partial charge < -0.3 is 15.4 Å². The molecule has 0 aliphatic carbocycles. The number of piperidine rings is 1. The summed E-state index contributed by atoms with van der Waals surface area (Å²) in [5, 5.41) is 6.16. The maximum Gasteiger partial charge on any atom is 0.228 e. The van der Waals surface area contributed by atoms with Crippen LogP contribution in [-0.2, 0) is 14.6 Å². The van der Waals surface area contributed by atoms with Gasteiger partial charge in [-0.2, -0.15) is 0 Å². The predicted molar refractivity (Wildman–Crippen MR) is 100 cm³/mol. The molecule has 6 nitrogen and oxygen atoms in total. The first-order chi connectivity index (χ1) is 12.4. The Morgan fingerprint density at radius 1 is 1.08 bits per heavy atom. The number of carbonyl (C=O) groups excluding carboxylic acids is 1. The van der Waals surface area contributed by atoms with Crippen molar-refractivity contribution < 1.29 is 17.9 Å². The number of rotatable bonds is 5. The van der Waals surface area contributed by atoms with Crippen molar-refractivity contribution in [1.82, 2.24) is 5.32 Å². The maximum atomic E-state index is 12.2. The summed E-state index contributed by atoms with van der Waals surface area (Å²) in [4.78, 5) is 12.5. The Balaban J connectivity index is 1.59. The first kappa shape index (κ1) is 18.4. The zero-order valence-electron chi connectivity index (χ0n) is 14.6. The van der Waals surface area contributed by atoms with Crippen molar-refractivity contribution in [3.05, 3.63) is 48.5 Å². The molecule has 0 bridgehead atoms. The van der Waals surface area contributed by atoms with Gasteiger partial charge in [0.05, 0.1) is 10.8 Å². The third-order valence-electron chi connectivity index (χ3n) is 4.28. The highest BCUT2D eigenvalue weighted by Crippen LogP contribution is 2.24. The van der Waals surface area contributed by atoms with E-state index in [9.17, 15) is 13.2 Å². The largest absolute Gasteiger partial charge is 0.457 e. The van der Waals surface area contributed by atoms with Gasteiger partial charge in [-0.15, -0.1) is 0 Å². The van der Waals surface area contributed by atoms with Crippen molar-refractivity contribution in [2.75, 3.05) is 24.7 Å². The van der Waals surface area contributed by atoms with E-state index in [0.29, 0.717) is 11.5 Å². The highest BCUT2D eigenvalue weighted by molar-refractivity contribution is 7.90. The van der Waals surface area contributed by atoms with Gasteiger partial charge in [0, 0.05) is 18.5 Å². The number of benzene rings is 2. The van der Waals surface area contributed by atoms with Gasteiger partial charge in [0.15, 0.2) is 9.84 Å². The first-order valence-corrected chi connectivity index (χ1v) is 10.4. The first-order valence-electron chi connectivity index (χ1n) is 8.51. The lowest BCUT2D eigenvalue weighted by molar-refractivity contribution is -0.120. The second kappa shape index (κ2) is 7.88. The summed E-state index contributed by atoms with van der Waals surface area (Å²) in [6, 6.07) is 13.3. The van der Waals surface area contributed by atoms with Crippen molar-refractivity contribution in [2.24, 2.45) is 5.92 Å². The van der Waals surface area contributed by atoms with Gasteiger partial charge >= 0.3 is 0 Å². The van der Waals surface area contributed by atoms with Crippen LogP contribution in [0.2, 0.25) is 0 Å². The number of hydrogen-bond acceptors (Lipinski definition) is 5. The van der Waals surface area contributed by atoms with E-state index in [1.165, 1.54) is 18.4 Å². The summed E-state index contributed by atoms with van der Waals surface area (Å²) >= 11 is 0. The normalized spacial score (nSPS) is 17.5. The SMILES string of the molecule is CS(=O)(=O)c1ccc(Oc2ccc(NC(=O)C3CCCNC3)cc2)cc1. The fraction of sp³-hybridized carbons (Fsp3) is 0.316. The third-order valence-corrected chi connectivity index (χ3v) is 5.41. The molecule has 1 amide bonds. The van der Waals surface area contributed by atoms with Crippen molar-refractivity contribution in [2.45, 2.75) is 17.7 Å². The monoisotopic (exact) mass is 374 g/mol. The molecule has 0 aromatic heterocycles. The second-order valence-corrected chi connectivity index (χ2v) is 8.42. The van der Waals surface area contributed by atoms with Crippen molar-refractivity contribution in [1.29, 1.82) is 0 Å². The van der Waals surface area contributed by atoms with Crippen LogP contribution in [0.3, 0.4) is 0 Å². The van der Waals surface area contributed by atoms with Gasteiger partial charge in [-0.1, -0.05) is 0 Å². The average molecular weight is 374 g/mol. The second-order valence-electron chi connectivity index (χ2n) is 6.40. The Kier molecular flexibility index (Phi) is 5.58. The molecule has 1 aliphatic heterocycles. The van der Waals surface area contributed by atoms with Crippen LogP contribution >= 0.6 is 0 Å². The molecule has 138 valence electrons. The molecule has 2 aromatic carbocycles. The fourth-order valence-electron chi connectivity index (χ4n) is 2.82. The number of carbonyl (C=O) groups is 1. The fourth-order valence-corrected chi connectivity index (χ4v) is 3.45. The van der Waals surface area contributed by atoms with E-state index in [1.54, 1.807) is 36.4 Å². The summed E-state index contributed by atoms with van der Waals surface area (Å²) in [5.74, 6) is 1.19. The molecule has 0 radical (unpaired) electrons. The van der Waals surface area contributed by atoms with Crippen LogP contribution in [0.15, 0.2) is 53.4 Å². The Labute approximate surface area is 153 Å². The van der Waals surface area contributed by atoms with Crippen LogP contribution < -0.4 is 15.4 Å². The number of amides is 1. The summed E-state index contributed by atoms with van der Waals surface area (Å²) in [7, 11) is -3.22. The lowest BCUT2D eigenvalue weighted by Crippen LogP contribution is -2.37. The van der Waals surface area contributed by atoms with E-state index < -0.39 is 9.84 Å². The number of nitrogens with one attached hydrogen (secondary N) is 2. The predicted octanol–water partition coefficient (Wildman–Crippen LogP) is 2.82. The summed E-state index contributed by atoms with van der Waals surface area (Å²) in [5.41, 5.74) is 0.723. The van der Waals surface area contributed by atoms with E-state index in [-0.39, 0.29) is 16.7 Å². The van der Waals surface area contributed by atoms with Crippen LogP contribution in [0.25, 0.3) is 0 Å². The van der Waals surface area contributed by atoms with Crippen LogP contribution in [0.5, 0.6) is 11.5 Å². The van der Waals surface area contributed by atoms with Crippen LogP contribution in [0.4, 0.5) is 5.69 Å². The van der Waals surface area contributed by atoms with Crippen LogP contribution in [0, 0.1) is 5.92 Å². The minimum absolute atomic E-state index is 0.00744. The highest BCUT2D eigenvalue weighted by atomic mass is 32.2. The summed E-state index contributed by atoms with van der Waals surface area (Å²) in [6.07, 6.45) is 3.09. The minimum Gasteiger partial charge on any atom is -0.457 e. The van der Waals surface area contributed by atoms with Gasteiger partial charge in [-0.3, -0.25) is 4.79 Å². The molecule has 1 heterocycles. The Morgan fingerprint density at radius 3 is 2.23 bits per heavy atom. The van der Waals surface area contributed by atoms with Crippen molar-refractivity contribution in [3.8, 4) is 11.5 Å². The van der Waals surface area contributed by atoms with E-state index >= 15 is 0 Å². The lowest BCUT2D eigenvalue weighted by Gasteiger charge is -2.21. The van der Waals surface area contributed by atoms with Gasteiger partial charge in [0.25, 0.3) is 0 Å². The molecule has 2 aromatic rings. The third kappa shape index (κ3) is 4.83. The summed E-state index contributed by atoms with van der Waals surface area (Å²) < 4.78 is 28.6. The summed E-state index contributed by atoms with van der Waals surface area (Å²) in [6.45, 7) is 1.69.